The van der Waals surface area contributed by atoms with Crippen LogP contribution in [-0.4, -0.2) is 35.6 Å². The van der Waals surface area contributed by atoms with Crippen LogP contribution in [0.4, 0.5) is 10.5 Å². The Morgan fingerprint density at radius 3 is 2.58 bits per heavy atom. The minimum atomic E-state index is -0.198. The van der Waals surface area contributed by atoms with Crippen LogP contribution < -0.4 is 4.90 Å². The molecule has 1 aromatic heterocycles. The third-order valence-electron chi connectivity index (χ3n) is 9.28. The molecule has 0 N–H and O–H groups in total. The van der Waals surface area contributed by atoms with Crippen LogP contribution in [0, 0.1) is 0 Å². The fraction of sp³-hybridized carbons (Fsp3) is 0.371. The number of carbonyl (C=O) groups excluding carboxylic acids is 1. The molecule has 1 atom stereocenters. The number of rotatable bonds is 4. The number of pyridine rings is 1. The second-order valence-corrected chi connectivity index (χ2v) is 11.9. The van der Waals surface area contributed by atoms with E-state index in [4.69, 9.17) is 9.72 Å². The second-order valence-electron chi connectivity index (χ2n) is 11.9. The lowest BCUT2D eigenvalue weighted by atomic mass is 9.74. The van der Waals surface area contributed by atoms with Gasteiger partial charge in [-0.1, -0.05) is 61.0 Å². The van der Waals surface area contributed by atoms with Crippen LogP contribution in [0.3, 0.4) is 0 Å². The van der Waals surface area contributed by atoms with Crippen molar-refractivity contribution in [2.45, 2.75) is 63.5 Å². The van der Waals surface area contributed by atoms with E-state index in [-0.39, 0.29) is 11.5 Å². The highest BCUT2D eigenvalue weighted by atomic mass is 16.6. The maximum absolute atomic E-state index is 13.1. The maximum Gasteiger partial charge on any atom is 0.410 e. The van der Waals surface area contributed by atoms with Gasteiger partial charge in [0.2, 0.25) is 0 Å². The van der Waals surface area contributed by atoms with Crippen molar-refractivity contribution in [2.24, 2.45) is 0 Å². The van der Waals surface area contributed by atoms with Crippen molar-refractivity contribution in [3.8, 4) is 0 Å². The summed E-state index contributed by atoms with van der Waals surface area (Å²) in [6, 6.07) is 28.0. The van der Waals surface area contributed by atoms with Gasteiger partial charge in [0.25, 0.3) is 0 Å². The molecule has 0 bridgehead atoms. The molecule has 1 unspecified atom stereocenters. The van der Waals surface area contributed by atoms with Gasteiger partial charge in [0.05, 0.1) is 17.8 Å². The number of aryl methyl sites for hydroxylation is 2. The zero-order chi connectivity index (χ0) is 26.9. The van der Waals surface area contributed by atoms with E-state index in [1.54, 1.807) is 0 Å². The van der Waals surface area contributed by atoms with Crippen LogP contribution in [0.2, 0.25) is 0 Å². The quantitative estimate of drug-likeness (QED) is 0.280. The van der Waals surface area contributed by atoms with Crippen molar-refractivity contribution in [2.75, 3.05) is 24.5 Å². The normalized spacial score (nSPS) is 20.3. The number of aromatic nitrogens is 1. The average molecular weight is 532 g/mol. The molecule has 204 valence electrons. The molecule has 7 rings (SSSR count). The minimum Gasteiger partial charge on any atom is -0.445 e. The summed E-state index contributed by atoms with van der Waals surface area (Å²) in [6.45, 7) is 3.56. The Morgan fingerprint density at radius 1 is 0.850 bits per heavy atom. The summed E-state index contributed by atoms with van der Waals surface area (Å²) in [5.74, 6) is 0. The number of benzene rings is 3. The number of hydrogen-bond acceptors (Lipinski definition) is 4. The van der Waals surface area contributed by atoms with Crippen molar-refractivity contribution in [1.29, 1.82) is 0 Å². The zero-order valence-corrected chi connectivity index (χ0v) is 23.1. The maximum atomic E-state index is 13.1. The molecule has 1 saturated heterocycles. The van der Waals surface area contributed by atoms with Crippen molar-refractivity contribution < 1.29 is 9.53 Å². The van der Waals surface area contributed by atoms with Gasteiger partial charge < -0.3 is 14.5 Å². The van der Waals surface area contributed by atoms with E-state index in [9.17, 15) is 4.79 Å². The van der Waals surface area contributed by atoms with Crippen molar-refractivity contribution >= 4 is 22.7 Å². The minimum absolute atomic E-state index is 0.0344. The number of nitrogens with zero attached hydrogens (tertiary/aromatic N) is 3. The predicted octanol–water partition coefficient (Wildman–Crippen LogP) is 7.19. The summed E-state index contributed by atoms with van der Waals surface area (Å²) in [7, 11) is 0. The number of ether oxygens (including phenoxy) is 1. The van der Waals surface area contributed by atoms with E-state index in [0.29, 0.717) is 6.61 Å². The number of anilines is 1. The monoisotopic (exact) mass is 531 g/mol. The molecule has 0 radical (unpaired) electrons. The van der Waals surface area contributed by atoms with Crippen LogP contribution in [0.25, 0.3) is 10.9 Å². The lowest BCUT2D eigenvalue weighted by Crippen LogP contribution is -2.42. The molecule has 0 saturated carbocycles. The van der Waals surface area contributed by atoms with Gasteiger partial charge in [-0.2, -0.15) is 0 Å². The summed E-state index contributed by atoms with van der Waals surface area (Å²) in [4.78, 5) is 22.6. The summed E-state index contributed by atoms with van der Waals surface area (Å²) in [6.07, 6.45) is 7.62. The van der Waals surface area contributed by atoms with E-state index in [1.165, 1.54) is 47.0 Å². The van der Waals surface area contributed by atoms with Crippen LogP contribution >= 0.6 is 0 Å². The third-order valence-corrected chi connectivity index (χ3v) is 9.28. The Labute approximate surface area is 236 Å². The molecule has 5 nitrogen and oxygen atoms in total. The Morgan fingerprint density at radius 2 is 1.68 bits per heavy atom. The Bertz CT molecular complexity index is 1530. The number of fused-ring (bicyclic) bond motifs is 4. The van der Waals surface area contributed by atoms with Gasteiger partial charge in [0, 0.05) is 36.1 Å². The molecule has 40 heavy (non-hydrogen) atoms. The van der Waals surface area contributed by atoms with Crippen LogP contribution in [-0.2, 0) is 36.1 Å². The first-order chi connectivity index (χ1) is 19.7. The Hall–Kier alpha value is -3.86. The molecule has 5 heteroatoms. The average Bonchev–Trinajstić information content (AvgIpc) is 3.56. The molecular formula is C35H37N3O2. The predicted molar refractivity (Wildman–Crippen MR) is 160 cm³/mol. The van der Waals surface area contributed by atoms with Gasteiger partial charge in [0.1, 0.15) is 6.61 Å². The highest BCUT2D eigenvalue weighted by Gasteiger charge is 2.43. The standard InChI is InChI=1S/C35H37N3O2/c39-34(40-24-26-9-2-1-3-10-26)37-19-7-6-17-35(18-20-37)25-38(33-14-5-4-13-31(33)35)23-30-16-15-29-21-27-11-8-12-28(27)22-32(29)36-30/h1-5,9-10,13-16,21-22H,6-8,11-12,17-20,23-25H2. The van der Waals surface area contributed by atoms with E-state index >= 15 is 0 Å². The SMILES string of the molecule is O=C(OCc1ccccc1)N1CCCCC2(CC1)CN(Cc1ccc3cc4c(cc3n1)CCC4)c1ccccc12. The van der Waals surface area contributed by atoms with Crippen LogP contribution in [0.15, 0.2) is 78.9 Å². The number of para-hydroxylation sites is 1. The molecule has 3 aliphatic rings. The summed E-state index contributed by atoms with van der Waals surface area (Å²) >= 11 is 0. The number of carbonyl (C=O) groups is 1. The van der Waals surface area contributed by atoms with E-state index in [1.807, 2.05) is 35.2 Å². The number of likely N-dealkylation sites (tertiary alicyclic amines) is 1. The van der Waals surface area contributed by atoms with Crippen LogP contribution in [0.1, 0.15) is 60.1 Å². The molecule has 1 fully saturated rings. The van der Waals surface area contributed by atoms with Gasteiger partial charge in [-0.05, 0) is 85.0 Å². The summed E-state index contributed by atoms with van der Waals surface area (Å²) < 4.78 is 5.72. The van der Waals surface area contributed by atoms with Crippen molar-refractivity contribution in [3.05, 3.63) is 107 Å². The Balaban J connectivity index is 1.09. The number of hydrogen-bond donors (Lipinski definition) is 0. The molecule has 4 aromatic rings. The van der Waals surface area contributed by atoms with Crippen molar-refractivity contribution in [1.82, 2.24) is 9.88 Å². The van der Waals surface area contributed by atoms with Gasteiger partial charge in [0.15, 0.2) is 0 Å². The lowest BCUT2D eigenvalue weighted by molar-refractivity contribution is 0.0888. The first-order valence-electron chi connectivity index (χ1n) is 14.9. The summed E-state index contributed by atoms with van der Waals surface area (Å²) in [5, 5.41) is 1.25. The van der Waals surface area contributed by atoms with Gasteiger partial charge in [-0.15, -0.1) is 0 Å². The molecule has 1 aliphatic carbocycles. The van der Waals surface area contributed by atoms with Gasteiger partial charge in [-0.25, -0.2) is 4.79 Å². The zero-order valence-electron chi connectivity index (χ0n) is 23.1. The molecule has 3 heterocycles. The van der Waals surface area contributed by atoms with Crippen molar-refractivity contribution in [3.63, 3.8) is 0 Å². The van der Waals surface area contributed by atoms with E-state index < -0.39 is 0 Å². The number of amides is 1. The summed E-state index contributed by atoms with van der Waals surface area (Å²) in [5.41, 5.74) is 9.01. The fourth-order valence-corrected chi connectivity index (χ4v) is 7.17. The smallest absolute Gasteiger partial charge is 0.410 e. The van der Waals surface area contributed by atoms with Crippen LogP contribution in [0.5, 0.6) is 0 Å². The highest BCUT2D eigenvalue weighted by Crippen LogP contribution is 2.47. The fourth-order valence-electron chi connectivity index (χ4n) is 7.17. The Kier molecular flexibility index (Phi) is 6.66. The van der Waals surface area contributed by atoms with Gasteiger partial charge in [-0.3, -0.25) is 4.98 Å². The highest BCUT2D eigenvalue weighted by molar-refractivity contribution is 5.81. The first kappa shape index (κ1) is 25.1. The largest absolute Gasteiger partial charge is 0.445 e. The second kappa shape index (κ2) is 10.6. The molecular weight excluding hydrogens is 494 g/mol. The lowest BCUT2D eigenvalue weighted by Gasteiger charge is -2.36. The third kappa shape index (κ3) is 4.83. The topological polar surface area (TPSA) is 45.7 Å². The van der Waals surface area contributed by atoms with E-state index in [0.717, 1.165) is 68.6 Å². The molecule has 3 aromatic carbocycles. The van der Waals surface area contributed by atoms with Gasteiger partial charge >= 0.3 is 6.09 Å². The molecule has 2 aliphatic heterocycles. The molecule has 1 amide bonds. The molecule has 1 spiro atoms. The van der Waals surface area contributed by atoms with E-state index in [2.05, 4.69) is 53.4 Å². The first-order valence-corrected chi connectivity index (χ1v) is 14.9.